The fourth-order valence-corrected chi connectivity index (χ4v) is 3.96. The fraction of sp³-hybridized carbons (Fsp3) is 0.368. The lowest BCUT2D eigenvalue weighted by Gasteiger charge is -2.31. The molecule has 2 aliphatic rings. The normalized spacial score (nSPS) is 17.2. The van der Waals surface area contributed by atoms with Crippen LogP contribution in [0.25, 0.3) is 16.9 Å². The molecule has 5 nitrogen and oxygen atoms in total. The number of hydrogen-bond donors (Lipinski definition) is 1. The highest BCUT2D eigenvalue weighted by Crippen LogP contribution is 2.32. The molecule has 3 aromatic rings. The van der Waals surface area contributed by atoms with Gasteiger partial charge in [-0.25, -0.2) is 9.37 Å². The van der Waals surface area contributed by atoms with Gasteiger partial charge in [0, 0.05) is 49.1 Å². The molecule has 0 spiro atoms. The van der Waals surface area contributed by atoms with E-state index in [4.69, 9.17) is 10.1 Å². The SMILES string of the molecule is Fc1cccc(-c2cc3nc4c(c(N5CCNCC5)n3n2)CCC4)c1. The van der Waals surface area contributed by atoms with E-state index in [1.54, 1.807) is 6.07 Å². The number of benzene rings is 1. The number of anilines is 1. The predicted molar refractivity (Wildman–Crippen MR) is 95.5 cm³/mol. The second kappa shape index (κ2) is 5.81. The Kier molecular flexibility index (Phi) is 3.45. The van der Waals surface area contributed by atoms with Crippen molar-refractivity contribution in [1.82, 2.24) is 19.9 Å². The zero-order chi connectivity index (χ0) is 16.8. The van der Waals surface area contributed by atoms with Crippen LogP contribution in [0.2, 0.25) is 0 Å². The van der Waals surface area contributed by atoms with Crippen LogP contribution in [-0.2, 0) is 12.8 Å². The first-order chi connectivity index (χ1) is 12.3. The first-order valence-electron chi connectivity index (χ1n) is 8.93. The highest BCUT2D eigenvalue weighted by atomic mass is 19.1. The molecule has 25 heavy (non-hydrogen) atoms. The van der Waals surface area contributed by atoms with E-state index in [0.717, 1.165) is 62.3 Å². The molecule has 6 heteroatoms. The first kappa shape index (κ1) is 14.8. The Hall–Kier alpha value is -2.47. The van der Waals surface area contributed by atoms with E-state index < -0.39 is 0 Å². The van der Waals surface area contributed by atoms with Gasteiger partial charge in [-0.05, 0) is 31.4 Å². The summed E-state index contributed by atoms with van der Waals surface area (Å²) in [6, 6.07) is 8.57. The lowest BCUT2D eigenvalue weighted by molar-refractivity contribution is 0.578. The van der Waals surface area contributed by atoms with Crippen molar-refractivity contribution in [3.8, 4) is 11.3 Å². The van der Waals surface area contributed by atoms with Gasteiger partial charge >= 0.3 is 0 Å². The molecule has 1 fully saturated rings. The molecule has 0 unspecified atom stereocenters. The number of rotatable bonds is 2. The molecule has 0 atom stereocenters. The zero-order valence-electron chi connectivity index (χ0n) is 14.0. The summed E-state index contributed by atoms with van der Waals surface area (Å²) in [4.78, 5) is 7.26. The Morgan fingerprint density at radius 3 is 2.80 bits per heavy atom. The second-order valence-electron chi connectivity index (χ2n) is 6.76. The van der Waals surface area contributed by atoms with Gasteiger partial charge in [-0.2, -0.15) is 9.61 Å². The summed E-state index contributed by atoms with van der Waals surface area (Å²) in [5.41, 5.74) is 4.95. The largest absolute Gasteiger partial charge is 0.354 e. The van der Waals surface area contributed by atoms with Crippen molar-refractivity contribution in [3.05, 3.63) is 47.4 Å². The Balaban J connectivity index is 1.70. The van der Waals surface area contributed by atoms with Crippen molar-refractivity contribution in [3.63, 3.8) is 0 Å². The molecule has 3 heterocycles. The van der Waals surface area contributed by atoms with Crippen LogP contribution in [0, 0.1) is 5.82 Å². The van der Waals surface area contributed by atoms with Gasteiger partial charge in [0.25, 0.3) is 0 Å². The number of hydrogen-bond acceptors (Lipinski definition) is 4. The van der Waals surface area contributed by atoms with E-state index in [9.17, 15) is 4.39 Å². The van der Waals surface area contributed by atoms with E-state index in [1.165, 1.54) is 29.2 Å². The summed E-state index contributed by atoms with van der Waals surface area (Å²) >= 11 is 0. The second-order valence-corrected chi connectivity index (χ2v) is 6.76. The van der Waals surface area contributed by atoms with Gasteiger partial charge in [-0.1, -0.05) is 12.1 Å². The average molecular weight is 337 g/mol. The molecule has 1 aliphatic heterocycles. The van der Waals surface area contributed by atoms with Gasteiger partial charge in [0.2, 0.25) is 0 Å². The van der Waals surface area contributed by atoms with E-state index in [-0.39, 0.29) is 5.82 Å². The molecule has 0 amide bonds. The van der Waals surface area contributed by atoms with Gasteiger partial charge in [0.15, 0.2) is 5.65 Å². The summed E-state index contributed by atoms with van der Waals surface area (Å²) in [5.74, 6) is 0.939. The monoisotopic (exact) mass is 337 g/mol. The topological polar surface area (TPSA) is 45.5 Å². The number of aromatic nitrogens is 3. The minimum absolute atomic E-state index is 0.243. The molecular formula is C19H20FN5. The highest BCUT2D eigenvalue weighted by molar-refractivity contribution is 5.67. The van der Waals surface area contributed by atoms with Gasteiger partial charge < -0.3 is 10.2 Å². The van der Waals surface area contributed by atoms with E-state index in [2.05, 4.69) is 10.2 Å². The molecule has 0 saturated carbocycles. The summed E-state index contributed by atoms with van der Waals surface area (Å²) in [5, 5.41) is 8.21. The van der Waals surface area contributed by atoms with Crippen LogP contribution in [-0.4, -0.2) is 40.8 Å². The number of piperazine rings is 1. The minimum Gasteiger partial charge on any atom is -0.354 e. The highest BCUT2D eigenvalue weighted by Gasteiger charge is 2.25. The van der Waals surface area contributed by atoms with E-state index >= 15 is 0 Å². The number of fused-ring (bicyclic) bond motifs is 2. The summed E-state index contributed by atoms with van der Waals surface area (Å²) in [7, 11) is 0. The quantitative estimate of drug-likeness (QED) is 0.780. The minimum atomic E-state index is -0.243. The Morgan fingerprint density at radius 2 is 1.96 bits per heavy atom. The lowest BCUT2D eigenvalue weighted by atomic mass is 10.1. The first-order valence-corrected chi connectivity index (χ1v) is 8.93. The van der Waals surface area contributed by atoms with Gasteiger partial charge in [-0.15, -0.1) is 0 Å². The van der Waals surface area contributed by atoms with Crippen LogP contribution in [0.1, 0.15) is 17.7 Å². The average Bonchev–Trinajstić information content (AvgIpc) is 3.26. The molecule has 2 aromatic heterocycles. The Morgan fingerprint density at radius 1 is 1.08 bits per heavy atom. The maximum absolute atomic E-state index is 13.6. The molecule has 128 valence electrons. The molecular weight excluding hydrogens is 317 g/mol. The molecule has 1 N–H and O–H groups in total. The van der Waals surface area contributed by atoms with Crippen molar-refractivity contribution in [1.29, 1.82) is 0 Å². The van der Waals surface area contributed by atoms with Gasteiger partial charge in [0.05, 0.1) is 5.69 Å². The standard InChI is InChI=1S/C19H20FN5/c20-14-4-1-3-13(11-14)17-12-18-22-16-6-2-5-15(16)19(25(18)23-17)24-9-7-21-8-10-24/h1,3-4,11-12,21H,2,5-10H2. The third-order valence-corrected chi connectivity index (χ3v) is 5.14. The van der Waals surface area contributed by atoms with Crippen LogP contribution in [0.4, 0.5) is 10.2 Å². The van der Waals surface area contributed by atoms with E-state index in [0.29, 0.717) is 0 Å². The molecule has 1 aliphatic carbocycles. The van der Waals surface area contributed by atoms with Crippen LogP contribution in [0.3, 0.4) is 0 Å². The number of nitrogens with one attached hydrogen (secondary N) is 1. The number of nitrogens with zero attached hydrogens (tertiary/aromatic N) is 4. The van der Waals surface area contributed by atoms with Crippen molar-refractivity contribution < 1.29 is 4.39 Å². The smallest absolute Gasteiger partial charge is 0.158 e. The van der Waals surface area contributed by atoms with Crippen LogP contribution < -0.4 is 10.2 Å². The van der Waals surface area contributed by atoms with Gasteiger partial charge in [0.1, 0.15) is 11.6 Å². The number of aryl methyl sites for hydroxylation is 1. The molecule has 0 radical (unpaired) electrons. The molecule has 0 bridgehead atoms. The maximum Gasteiger partial charge on any atom is 0.158 e. The van der Waals surface area contributed by atoms with Crippen molar-refractivity contribution in [2.75, 3.05) is 31.1 Å². The molecule has 1 saturated heterocycles. The van der Waals surface area contributed by atoms with Gasteiger partial charge in [-0.3, -0.25) is 0 Å². The summed E-state index contributed by atoms with van der Waals surface area (Å²) in [6.07, 6.45) is 3.25. The fourth-order valence-electron chi connectivity index (χ4n) is 3.96. The van der Waals surface area contributed by atoms with Crippen molar-refractivity contribution in [2.45, 2.75) is 19.3 Å². The molecule has 1 aromatic carbocycles. The van der Waals surface area contributed by atoms with E-state index in [1.807, 2.05) is 16.6 Å². The zero-order valence-corrected chi connectivity index (χ0v) is 14.0. The van der Waals surface area contributed by atoms with Crippen LogP contribution in [0.15, 0.2) is 30.3 Å². The van der Waals surface area contributed by atoms with Crippen LogP contribution >= 0.6 is 0 Å². The maximum atomic E-state index is 13.6. The third-order valence-electron chi connectivity index (χ3n) is 5.14. The predicted octanol–water partition coefficient (Wildman–Crippen LogP) is 2.43. The molecule has 5 rings (SSSR count). The van der Waals surface area contributed by atoms with Crippen molar-refractivity contribution in [2.24, 2.45) is 0 Å². The summed E-state index contributed by atoms with van der Waals surface area (Å²) in [6.45, 7) is 3.91. The third kappa shape index (κ3) is 2.48. The Bertz CT molecular complexity index is 942. The number of halogens is 1. The summed E-state index contributed by atoms with van der Waals surface area (Å²) < 4.78 is 15.6. The van der Waals surface area contributed by atoms with Crippen LogP contribution in [0.5, 0.6) is 0 Å². The lowest BCUT2D eigenvalue weighted by Crippen LogP contribution is -2.44. The Labute approximate surface area is 145 Å². The van der Waals surface area contributed by atoms with Crippen molar-refractivity contribution >= 4 is 11.5 Å².